The predicted molar refractivity (Wildman–Crippen MR) is 75.5 cm³/mol. The van der Waals surface area contributed by atoms with Gasteiger partial charge in [-0.25, -0.2) is 9.37 Å². The molecule has 124 valence electrons. The Kier molecular flexibility index (Phi) is 4.33. The lowest BCUT2D eigenvalue weighted by atomic mass is 10.1. The fraction of sp³-hybridized carbons (Fsp3) is 0.400. The third kappa shape index (κ3) is 3.84. The molecule has 1 aromatic heterocycles. The highest BCUT2D eigenvalue weighted by molar-refractivity contribution is 6.30. The largest absolute Gasteiger partial charge is 0.444 e. The van der Waals surface area contributed by atoms with E-state index in [-0.39, 0.29) is 23.0 Å². The number of aromatic nitrogens is 1. The van der Waals surface area contributed by atoms with Gasteiger partial charge in [-0.1, -0.05) is 17.7 Å². The summed E-state index contributed by atoms with van der Waals surface area (Å²) in [6.45, 7) is -0.189. The van der Waals surface area contributed by atoms with Crippen LogP contribution in [0.15, 0.2) is 28.8 Å². The topological polar surface area (TPSA) is 38.1 Å². The first-order valence-corrected chi connectivity index (χ1v) is 7.42. The second-order valence-electron chi connectivity index (χ2n) is 5.46. The summed E-state index contributed by atoms with van der Waals surface area (Å²) in [5.74, 6) is 0.466. The zero-order valence-corrected chi connectivity index (χ0v) is 12.6. The zero-order valence-electron chi connectivity index (χ0n) is 11.8. The molecule has 0 spiro atoms. The SMILES string of the molecule is Fc1ccc(C(NCc2ncc(C3CC3)o2)C(F)(F)F)cc1Cl. The van der Waals surface area contributed by atoms with Crippen molar-refractivity contribution < 1.29 is 22.0 Å². The molecule has 23 heavy (non-hydrogen) atoms. The van der Waals surface area contributed by atoms with Crippen molar-refractivity contribution in [3.05, 3.63) is 52.5 Å². The first kappa shape index (κ1) is 16.3. The van der Waals surface area contributed by atoms with Gasteiger partial charge in [0.25, 0.3) is 0 Å². The molecule has 1 aliphatic rings. The molecule has 0 amide bonds. The van der Waals surface area contributed by atoms with E-state index in [0.717, 1.165) is 31.0 Å². The summed E-state index contributed by atoms with van der Waals surface area (Å²) in [5.41, 5.74) is -0.169. The molecule has 2 aromatic rings. The number of rotatable bonds is 5. The lowest BCUT2D eigenvalue weighted by molar-refractivity contribution is -0.158. The lowest BCUT2D eigenvalue weighted by Gasteiger charge is -2.21. The predicted octanol–water partition coefficient (Wildman–Crippen LogP) is 4.74. The Balaban J connectivity index is 1.74. The van der Waals surface area contributed by atoms with E-state index in [4.69, 9.17) is 16.0 Å². The van der Waals surface area contributed by atoms with E-state index in [2.05, 4.69) is 10.3 Å². The average molecular weight is 349 g/mol. The van der Waals surface area contributed by atoms with Gasteiger partial charge in [-0.05, 0) is 30.5 Å². The van der Waals surface area contributed by atoms with Gasteiger partial charge in [0.1, 0.15) is 17.6 Å². The molecule has 3 rings (SSSR count). The maximum absolute atomic E-state index is 13.2. The monoisotopic (exact) mass is 348 g/mol. The summed E-state index contributed by atoms with van der Waals surface area (Å²) in [6.07, 6.45) is -0.984. The van der Waals surface area contributed by atoms with Gasteiger partial charge in [-0.3, -0.25) is 5.32 Å². The van der Waals surface area contributed by atoms with Crippen molar-refractivity contribution in [1.82, 2.24) is 10.3 Å². The number of hydrogen-bond donors (Lipinski definition) is 1. The standard InChI is InChI=1S/C15H13ClF4N2O/c16-10-5-9(3-4-11(10)17)14(15(18,19)20)22-7-13-21-6-12(23-13)8-1-2-8/h3-6,8,14,22H,1-2,7H2. The Hall–Kier alpha value is -1.60. The fourth-order valence-electron chi connectivity index (χ4n) is 2.27. The second-order valence-corrected chi connectivity index (χ2v) is 5.87. The van der Waals surface area contributed by atoms with Crippen molar-refractivity contribution in [1.29, 1.82) is 0 Å². The van der Waals surface area contributed by atoms with Crippen LogP contribution in [0.2, 0.25) is 5.02 Å². The van der Waals surface area contributed by atoms with Crippen molar-refractivity contribution >= 4 is 11.6 Å². The van der Waals surface area contributed by atoms with Crippen molar-refractivity contribution in [3.8, 4) is 0 Å². The second kappa shape index (κ2) is 6.13. The van der Waals surface area contributed by atoms with Crippen molar-refractivity contribution in [2.45, 2.75) is 37.5 Å². The molecule has 1 N–H and O–H groups in total. The Morgan fingerprint density at radius 2 is 2.09 bits per heavy atom. The summed E-state index contributed by atoms with van der Waals surface area (Å²) in [5, 5.41) is 1.99. The highest BCUT2D eigenvalue weighted by Crippen LogP contribution is 2.40. The molecule has 1 aliphatic carbocycles. The van der Waals surface area contributed by atoms with Crippen LogP contribution in [0.1, 0.15) is 42.0 Å². The molecule has 0 saturated heterocycles. The Labute approximate surface area is 134 Å². The van der Waals surface area contributed by atoms with Crippen LogP contribution in [-0.2, 0) is 6.54 Å². The number of hydrogen-bond acceptors (Lipinski definition) is 3. The van der Waals surface area contributed by atoms with E-state index < -0.39 is 18.0 Å². The summed E-state index contributed by atoms with van der Waals surface area (Å²) < 4.78 is 58.3. The average Bonchev–Trinajstić information content (AvgIpc) is 3.21. The van der Waals surface area contributed by atoms with Crippen LogP contribution in [-0.4, -0.2) is 11.2 Å². The van der Waals surface area contributed by atoms with Gasteiger partial charge in [0.15, 0.2) is 0 Å². The van der Waals surface area contributed by atoms with Crippen LogP contribution in [0.5, 0.6) is 0 Å². The molecule has 3 nitrogen and oxygen atoms in total. The molecule has 0 radical (unpaired) electrons. The van der Waals surface area contributed by atoms with Crippen molar-refractivity contribution in [2.75, 3.05) is 0 Å². The van der Waals surface area contributed by atoms with Gasteiger partial charge in [0, 0.05) is 5.92 Å². The van der Waals surface area contributed by atoms with E-state index >= 15 is 0 Å². The van der Waals surface area contributed by atoms with Crippen LogP contribution in [0, 0.1) is 5.82 Å². The molecule has 1 fully saturated rings. The van der Waals surface area contributed by atoms with E-state index in [0.29, 0.717) is 11.7 Å². The minimum Gasteiger partial charge on any atom is -0.444 e. The molecule has 0 aliphatic heterocycles. The van der Waals surface area contributed by atoms with E-state index in [1.54, 1.807) is 6.20 Å². The summed E-state index contributed by atoms with van der Waals surface area (Å²) in [4.78, 5) is 3.97. The normalized spacial score (nSPS) is 16.6. The van der Waals surface area contributed by atoms with Gasteiger partial charge in [0.05, 0.1) is 17.8 Å². The molecule has 1 saturated carbocycles. The quantitative estimate of drug-likeness (QED) is 0.793. The molecule has 8 heteroatoms. The van der Waals surface area contributed by atoms with E-state index in [1.807, 2.05) is 0 Å². The van der Waals surface area contributed by atoms with Crippen LogP contribution >= 0.6 is 11.6 Å². The van der Waals surface area contributed by atoms with Gasteiger partial charge < -0.3 is 4.42 Å². The van der Waals surface area contributed by atoms with E-state index in [9.17, 15) is 17.6 Å². The highest BCUT2D eigenvalue weighted by atomic mass is 35.5. The van der Waals surface area contributed by atoms with Crippen LogP contribution in [0.3, 0.4) is 0 Å². The Bertz CT molecular complexity index is 697. The number of oxazole rings is 1. The highest BCUT2D eigenvalue weighted by Gasteiger charge is 2.41. The number of halogens is 5. The molecule has 1 aromatic carbocycles. The van der Waals surface area contributed by atoms with Gasteiger partial charge in [-0.15, -0.1) is 0 Å². The summed E-state index contributed by atoms with van der Waals surface area (Å²) >= 11 is 5.57. The van der Waals surface area contributed by atoms with Crippen molar-refractivity contribution in [3.63, 3.8) is 0 Å². The van der Waals surface area contributed by atoms with Crippen LogP contribution < -0.4 is 5.32 Å². The minimum absolute atomic E-state index is 0.169. The van der Waals surface area contributed by atoms with Crippen LogP contribution in [0.25, 0.3) is 0 Å². The van der Waals surface area contributed by atoms with Gasteiger partial charge in [-0.2, -0.15) is 13.2 Å². The first-order valence-electron chi connectivity index (χ1n) is 7.04. The summed E-state index contributed by atoms with van der Waals surface area (Å²) in [6, 6.07) is 0.941. The van der Waals surface area contributed by atoms with E-state index in [1.165, 1.54) is 0 Å². The minimum atomic E-state index is -4.56. The Morgan fingerprint density at radius 3 is 2.70 bits per heavy atom. The third-order valence-electron chi connectivity index (χ3n) is 3.61. The number of alkyl halides is 3. The molecule has 1 atom stereocenters. The van der Waals surface area contributed by atoms with Crippen molar-refractivity contribution in [2.24, 2.45) is 0 Å². The zero-order chi connectivity index (χ0) is 16.6. The molecule has 0 bridgehead atoms. The number of nitrogens with zero attached hydrogens (tertiary/aromatic N) is 1. The lowest BCUT2D eigenvalue weighted by Crippen LogP contribution is -2.34. The third-order valence-corrected chi connectivity index (χ3v) is 3.90. The molecular formula is C15H13ClF4N2O. The van der Waals surface area contributed by atoms with Gasteiger partial charge >= 0.3 is 6.18 Å². The molecule has 1 heterocycles. The number of nitrogens with one attached hydrogen (secondary N) is 1. The molecule has 1 unspecified atom stereocenters. The number of benzene rings is 1. The summed E-state index contributed by atoms with van der Waals surface area (Å²) in [7, 11) is 0. The maximum Gasteiger partial charge on any atom is 0.407 e. The fourth-order valence-corrected chi connectivity index (χ4v) is 2.46. The molecular weight excluding hydrogens is 336 g/mol. The smallest absolute Gasteiger partial charge is 0.407 e. The van der Waals surface area contributed by atoms with Gasteiger partial charge in [0.2, 0.25) is 5.89 Å². The first-order chi connectivity index (χ1) is 10.8. The Morgan fingerprint density at radius 1 is 1.35 bits per heavy atom. The maximum atomic E-state index is 13.2. The van der Waals surface area contributed by atoms with Crippen LogP contribution in [0.4, 0.5) is 17.6 Å².